The number of hydrogen-bond donors (Lipinski definition) is 0. The largest absolute Gasteiger partial charge is 0.310 e. The molecule has 4 heterocycles. The second-order valence-corrected chi connectivity index (χ2v) is 15.9. The highest BCUT2D eigenvalue weighted by Crippen LogP contribution is 2.43. The molecule has 0 unspecified atom stereocenters. The van der Waals surface area contributed by atoms with Gasteiger partial charge in [0.1, 0.15) is 0 Å². The summed E-state index contributed by atoms with van der Waals surface area (Å²) in [5, 5.41) is 13.2. The molecule has 254 valence electrons. The van der Waals surface area contributed by atoms with Crippen LogP contribution in [-0.4, -0.2) is 22.6 Å². The number of nitrogens with zero attached hydrogens (tertiary/aromatic N) is 2. The van der Waals surface area contributed by atoms with E-state index in [1.165, 1.54) is 120 Å². The first-order valence-corrected chi connectivity index (χ1v) is 19.8. The van der Waals surface area contributed by atoms with Crippen LogP contribution in [0.1, 0.15) is 0 Å². The van der Waals surface area contributed by atoms with Crippen molar-refractivity contribution in [3.8, 4) is 11.4 Å². The first-order chi connectivity index (χ1) is 27.8. The molecule has 0 N–H and O–H groups in total. The second-order valence-electron chi connectivity index (χ2n) is 15.9. The van der Waals surface area contributed by atoms with Gasteiger partial charge in [0.25, 0.3) is 0 Å². The van der Waals surface area contributed by atoms with Gasteiger partial charge in [-0.1, -0.05) is 175 Å². The van der Waals surface area contributed by atoms with Crippen LogP contribution in [0.2, 0.25) is 0 Å². The third kappa shape index (κ3) is 3.48. The van der Waals surface area contributed by atoms with E-state index in [-0.39, 0.29) is 13.4 Å². The van der Waals surface area contributed by atoms with Crippen LogP contribution in [0, 0.1) is 0 Å². The first kappa shape index (κ1) is 29.3. The number of benzene rings is 10. The van der Waals surface area contributed by atoms with E-state index in [9.17, 15) is 0 Å². The maximum absolute atomic E-state index is 2.60. The minimum atomic E-state index is 0.0903. The van der Waals surface area contributed by atoms with Crippen molar-refractivity contribution < 1.29 is 0 Å². The predicted octanol–water partition coefficient (Wildman–Crippen LogP) is 8.44. The van der Waals surface area contributed by atoms with Crippen LogP contribution >= 0.6 is 0 Å². The molecule has 10 aromatic carbocycles. The van der Waals surface area contributed by atoms with Crippen molar-refractivity contribution in [3.05, 3.63) is 182 Å². The van der Waals surface area contributed by atoms with Gasteiger partial charge in [0, 0.05) is 49.3 Å². The zero-order valence-electron chi connectivity index (χ0n) is 30.4. The Bertz CT molecular complexity index is 3650. The zero-order chi connectivity index (χ0) is 36.2. The maximum Gasteiger partial charge on any atom is 0.247 e. The summed E-state index contributed by atoms with van der Waals surface area (Å²) in [7, 11) is 0. The van der Waals surface area contributed by atoms with Gasteiger partial charge in [-0.3, -0.25) is 0 Å². The quantitative estimate of drug-likeness (QED) is 0.126. The van der Waals surface area contributed by atoms with Crippen LogP contribution in [0.4, 0.5) is 0 Å². The number of rotatable bonds is 2. The monoisotopic (exact) mass is 704 g/mol. The molecule has 12 aromatic rings. The van der Waals surface area contributed by atoms with Crippen molar-refractivity contribution in [3.63, 3.8) is 0 Å². The fraction of sp³-hybridized carbons (Fsp3) is 0. The Kier molecular flexibility index (Phi) is 5.44. The van der Waals surface area contributed by atoms with Gasteiger partial charge in [0.15, 0.2) is 0 Å². The highest BCUT2D eigenvalue weighted by Gasteiger charge is 2.38. The molecule has 2 aliphatic rings. The Morgan fingerprint density at radius 1 is 0.339 bits per heavy atom. The van der Waals surface area contributed by atoms with E-state index in [1.54, 1.807) is 0 Å². The van der Waals surface area contributed by atoms with Gasteiger partial charge in [-0.15, -0.1) is 0 Å². The van der Waals surface area contributed by atoms with E-state index in [2.05, 4.69) is 191 Å². The predicted molar refractivity (Wildman–Crippen MR) is 241 cm³/mol. The molecule has 2 aliphatic heterocycles. The summed E-state index contributed by atoms with van der Waals surface area (Å²) in [6.07, 6.45) is 0. The lowest BCUT2D eigenvalue weighted by Gasteiger charge is -2.31. The van der Waals surface area contributed by atoms with Crippen molar-refractivity contribution in [1.82, 2.24) is 9.13 Å². The van der Waals surface area contributed by atoms with E-state index >= 15 is 0 Å². The lowest BCUT2D eigenvalue weighted by molar-refractivity contribution is 1.20. The van der Waals surface area contributed by atoms with Gasteiger partial charge in [-0.25, -0.2) is 0 Å². The summed E-state index contributed by atoms with van der Waals surface area (Å²) >= 11 is 0. The third-order valence-electron chi connectivity index (χ3n) is 13.3. The standard InChI is InChI=1S/C52H30B2N2/c1-3-13-33(14-4-1)53-41-21-11-20-38-36-18-8-10-24-45(36)56(51(38)41)52-40-28-26-32-30-46-49(39-27-25-31(29-43(52)53)48(40)47(32)39)54(34-15-5-2-6-16-34)42-22-12-19-37-35-17-7-9-23-44(35)55(46)50(37)42/h1-30H. The smallest absolute Gasteiger partial charge is 0.247 e. The van der Waals surface area contributed by atoms with Crippen molar-refractivity contribution >= 4 is 122 Å². The number of hydrogen-bond acceptors (Lipinski definition) is 0. The number of fused-ring (bicyclic) bond motifs is 12. The van der Waals surface area contributed by atoms with Gasteiger partial charge in [0.05, 0.1) is 11.0 Å². The lowest BCUT2D eigenvalue weighted by atomic mass is 9.34. The molecule has 4 heteroatoms. The van der Waals surface area contributed by atoms with Crippen LogP contribution in [0.3, 0.4) is 0 Å². The summed E-state index contributed by atoms with van der Waals surface area (Å²) in [6.45, 7) is 0.206. The molecular formula is C52H30B2N2. The normalized spacial score (nSPS) is 13.3. The van der Waals surface area contributed by atoms with Gasteiger partial charge in [-0.05, 0) is 67.0 Å². The number of aromatic nitrogens is 2. The van der Waals surface area contributed by atoms with Crippen molar-refractivity contribution in [2.75, 3.05) is 0 Å². The Hall–Kier alpha value is -7.03. The molecule has 0 atom stereocenters. The molecule has 0 saturated heterocycles. The van der Waals surface area contributed by atoms with Crippen LogP contribution < -0.4 is 32.8 Å². The molecule has 14 rings (SSSR count). The summed E-state index contributed by atoms with van der Waals surface area (Å²) in [5.41, 5.74) is 15.9. The fourth-order valence-corrected chi connectivity index (χ4v) is 11.3. The molecule has 0 aliphatic carbocycles. The average molecular weight is 704 g/mol. The second kappa shape index (κ2) is 10.4. The Morgan fingerprint density at radius 2 is 0.857 bits per heavy atom. The van der Waals surface area contributed by atoms with E-state index in [4.69, 9.17) is 0 Å². The fourth-order valence-electron chi connectivity index (χ4n) is 11.3. The zero-order valence-corrected chi connectivity index (χ0v) is 30.4. The minimum Gasteiger partial charge on any atom is -0.310 e. The summed E-state index contributed by atoms with van der Waals surface area (Å²) < 4.78 is 5.16. The van der Waals surface area contributed by atoms with Gasteiger partial charge < -0.3 is 9.13 Å². The van der Waals surface area contributed by atoms with Crippen LogP contribution in [-0.2, 0) is 0 Å². The Morgan fingerprint density at radius 3 is 1.55 bits per heavy atom. The van der Waals surface area contributed by atoms with E-state index < -0.39 is 0 Å². The number of para-hydroxylation sites is 4. The molecule has 0 bridgehead atoms. The Labute approximate surface area is 323 Å². The van der Waals surface area contributed by atoms with E-state index in [1.807, 2.05) is 0 Å². The molecule has 0 fully saturated rings. The SMILES string of the molecule is c1ccc(B2c3c(cc4ccc5c6c(cc7ccc3c4c75)B(c3ccccc3)c3cccc4c5ccccc5n-6c34)-n3c4ccccc4c4cccc2c43)cc1. The van der Waals surface area contributed by atoms with Crippen molar-refractivity contribution in [2.24, 2.45) is 0 Å². The molecular weight excluding hydrogens is 674 g/mol. The maximum atomic E-state index is 2.60. The molecule has 0 radical (unpaired) electrons. The lowest BCUT2D eigenvalue weighted by Crippen LogP contribution is -2.56. The highest BCUT2D eigenvalue weighted by atomic mass is 15.0. The van der Waals surface area contributed by atoms with Crippen LogP contribution in [0.5, 0.6) is 0 Å². The summed E-state index contributed by atoms with van der Waals surface area (Å²) in [4.78, 5) is 0. The summed E-state index contributed by atoms with van der Waals surface area (Å²) in [6, 6.07) is 68.9. The molecule has 0 amide bonds. The van der Waals surface area contributed by atoms with Crippen LogP contribution in [0.25, 0.3) is 87.3 Å². The van der Waals surface area contributed by atoms with Gasteiger partial charge in [0.2, 0.25) is 13.4 Å². The molecule has 56 heavy (non-hydrogen) atoms. The minimum absolute atomic E-state index is 0.0903. The average Bonchev–Trinajstić information content (AvgIpc) is 3.78. The first-order valence-electron chi connectivity index (χ1n) is 19.8. The molecule has 2 nitrogen and oxygen atoms in total. The highest BCUT2D eigenvalue weighted by molar-refractivity contribution is 7.00. The van der Waals surface area contributed by atoms with Gasteiger partial charge >= 0.3 is 0 Å². The van der Waals surface area contributed by atoms with E-state index in [0.717, 1.165) is 0 Å². The van der Waals surface area contributed by atoms with Crippen LogP contribution in [0.15, 0.2) is 182 Å². The molecule has 0 saturated carbocycles. The van der Waals surface area contributed by atoms with Crippen molar-refractivity contribution in [1.29, 1.82) is 0 Å². The molecule has 2 aromatic heterocycles. The Balaban J connectivity index is 1.17. The van der Waals surface area contributed by atoms with E-state index in [0.29, 0.717) is 0 Å². The third-order valence-corrected chi connectivity index (χ3v) is 13.3. The van der Waals surface area contributed by atoms with Crippen molar-refractivity contribution in [2.45, 2.75) is 0 Å². The topological polar surface area (TPSA) is 9.86 Å². The molecule has 0 spiro atoms. The summed E-state index contributed by atoms with van der Waals surface area (Å²) in [5.74, 6) is 0. The van der Waals surface area contributed by atoms with Gasteiger partial charge in [-0.2, -0.15) is 0 Å².